The molecule has 1 heterocycles. The number of thiazole rings is 1. The van der Waals surface area contributed by atoms with Crippen LogP contribution in [-0.4, -0.2) is 17.4 Å². The van der Waals surface area contributed by atoms with E-state index in [1.807, 2.05) is 35.7 Å². The second-order valence-electron chi connectivity index (χ2n) is 5.28. The van der Waals surface area contributed by atoms with Crippen LogP contribution in [0.3, 0.4) is 0 Å². The van der Waals surface area contributed by atoms with Crippen LogP contribution in [0.4, 0.5) is 5.13 Å². The van der Waals surface area contributed by atoms with E-state index in [1.165, 1.54) is 11.3 Å². The summed E-state index contributed by atoms with van der Waals surface area (Å²) in [6.45, 7) is 4.08. The second kappa shape index (κ2) is 7.56. The van der Waals surface area contributed by atoms with Gasteiger partial charge in [-0.3, -0.25) is 9.69 Å². The van der Waals surface area contributed by atoms with E-state index in [9.17, 15) is 4.79 Å². The normalized spacial score (nSPS) is 10.0. The standard InChI is InChI=1S/C20H15N3OS/c1-2-11-23(19(24)17-10-6-7-15(12-17)13-21)20-22-18(14-25-20)16-8-4-3-5-9-16/h2-10,12,14H,1,11H2. The Kier molecular flexibility index (Phi) is 5.03. The predicted molar refractivity (Wildman–Crippen MR) is 101 cm³/mol. The third kappa shape index (κ3) is 3.65. The summed E-state index contributed by atoms with van der Waals surface area (Å²) in [5.74, 6) is -0.203. The van der Waals surface area contributed by atoms with Gasteiger partial charge in [0.05, 0.1) is 17.3 Å². The summed E-state index contributed by atoms with van der Waals surface area (Å²) in [5.41, 5.74) is 2.74. The molecule has 0 atom stereocenters. The Morgan fingerprint density at radius 3 is 2.76 bits per heavy atom. The summed E-state index contributed by atoms with van der Waals surface area (Å²) in [4.78, 5) is 19.1. The van der Waals surface area contributed by atoms with Gasteiger partial charge in [-0.05, 0) is 18.2 Å². The summed E-state index contributed by atoms with van der Waals surface area (Å²) < 4.78 is 0. The molecule has 1 aromatic heterocycles. The molecule has 3 rings (SSSR count). The number of benzene rings is 2. The topological polar surface area (TPSA) is 57.0 Å². The quantitative estimate of drug-likeness (QED) is 0.639. The average Bonchev–Trinajstić information content (AvgIpc) is 3.16. The number of hydrogen-bond donors (Lipinski definition) is 0. The minimum Gasteiger partial charge on any atom is -0.280 e. The molecular formula is C20H15N3OS. The molecule has 2 aromatic carbocycles. The third-order valence-corrected chi connectivity index (χ3v) is 4.45. The molecule has 0 aliphatic rings. The highest BCUT2D eigenvalue weighted by atomic mass is 32.1. The Labute approximate surface area is 150 Å². The summed E-state index contributed by atoms with van der Waals surface area (Å²) >= 11 is 1.41. The highest BCUT2D eigenvalue weighted by Gasteiger charge is 2.20. The summed E-state index contributed by atoms with van der Waals surface area (Å²) in [6.07, 6.45) is 1.66. The highest BCUT2D eigenvalue weighted by Crippen LogP contribution is 2.28. The predicted octanol–water partition coefficient (Wildman–Crippen LogP) is 4.51. The van der Waals surface area contributed by atoms with Crippen molar-refractivity contribution in [3.8, 4) is 17.3 Å². The largest absolute Gasteiger partial charge is 0.280 e. The maximum absolute atomic E-state index is 12.9. The van der Waals surface area contributed by atoms with Gasteiger partial charge in [-0.15, -0.1) is 17.9 Å². The molecule has 1 amide bonds. The first-order chi connectivity index (χ1) is 12.2. The summed E-state index contributed by atoms with van der Waals surface area (Å²) in [7, 11) is 0. The minimum atomic E-state index is -0.203. The van der Waals surface area contributed by atoms with Crippen LogP contribution < -0.4 is 4.90 Å². The summed E-state index contributed by atoms with van der Waals surface area (Å²) in [5, 5.41) is 11.6. The molecule has 0 aliphatic heterocycles. The van der Waals surface area contributed by atoms with Crippen molar-refractivity contribution in [3.05, 3.63) is 83.8 Å². The van der Waals surface area contributed by atoms with Crippen molar-refractivity contribution in [2.24, 2.45) is 0 Å². The van der Waals surface area contributed by atoms with Crippen LogP contribution in [0.1, 0.15) is 15.9 Å². The molecule has 122 valence electrons. The van der Waals surface area contributed by atoms with E-state index in [4.69, 9.17) is 5.26 Å². The molecule has 3 aromatic rings. The maximum atomic E-state index is 12.9. The number of nitrogens with zero attached hydrogens (tertiary/aromatic N) is 3. The van der Waals surface area contributed by atoms with Crippen LogP contribution in [0.25, 0.3) is 11.3 Å². The first kappa shape index (κ1) is 16.6. The fourth-order valence-electron chi connectivity index (χ4n) is 2.38. The van der Waals surface area contributed by atoms with E-state index in [0.717, 1.165) is 11.3 Å². The van der Waals surface area contributed by atoms with E-state index in [-0.39, 0.29) is 5.91 Å². The summed E-state index contributed by atoms with van der Waals surface area (Å²) in [6, 6.07) is 18.5. The van der Waals surface area contributed by atoms with Crippen LogP contribution in [0.15, 0.2) is 72.6 Å². The fraction of sp³-hybridized carbons (Fsp3) is 0.0500. The number of carbonyl (C=O) groups is 1. The Hall–Kier alpha value is -3.23. The number of rotatable bonds is 5. The van der Waals surface area contributed by atoms with Gasteiger partial charge < -0.3 is 0 Å². The zero-order valence-corrected chi connectivity index (χ0v) is 14.2. The van der Waals surface area contributed by atoms with E-state index in [0.29, 0.717) is 22.8 Å². The van der Waals surface area contributed by atoms with E-state index < -0.39 is 0 Å². The maximum Gasteiger partial charge on any atom is 0.260 e. The lowest BCUT2D eigenvalue weighted by Gasteiger charge is -2.18. The first-order valence-electron chi connectivity index (χ1n) is 7.67. The minimum absolute atomic E-state index is 0.203. The van der Waals surface area contributed by atoms with Gasteiger partial charge in [-0.1, -0.05) is 42.5 Å². The van der Waals surface area contributed by atoms with Crippen molar-refractivity contribution in [3.63, 3.8) is 0 Å². The molecule has 0 N–H and O–H groups in total. The highest BCUT2D eigenvalue weighted by molar-refractivity contribution is 7.14. The van der Waals surface area contributed by atoms with Crippen LogP contribution in [0.5, 0.6) is 0 Å². The first-order valence-corrected chi connectivity index (χ1v) is 8.55. The monoisotopic (exact) mass is 345 g/mol. The Morgan fingerprint density at radius 2 is 2.04 bits per heavy atom. The molecule has 0 aliphatic carbocycles. The molecule has 0 spiro atoms. The van der Waals surface area contributed by atoms with E-state index in [1.54, 1.807) is 35.2 Å². The lowest BCUT2D eigenvalue weighted by atomic mass is 10.1. The van der Waals surface area contributed by atoms with Gasteiger partial charge in [0.25, 0.3) is 5.91 Å². The van der Waals surface area contributed by atoms with Gasteiger partial charge in [-0.25, -0.2) is 4.98 Å². The zero-order valence-electron chi connectivity index (χ0n) is 13.4. The SMILES string of the molecule is C=CCN(C(=O)c1cccc(C#N)c1)c1nc(-c2ccccc2)cs1. The number of anilines is 1. The van der Waals surface area contributed by atoms with Gasteiger partial charge in [0, 0.05) is 23.1 Å². The average molecular weight is 345 g/mol. The van der Waals surface area contributed by atoms with Crippen molar-refractivity contribution in [2.45, 2.75) is 0 Å². The molecule has 0 saturated heterocycles. The van der Waals surface area contributed by atoms with Gasteiger partial charge in [0.2, 0.25) is 0 Å². The van der Waals surface area contributed by atoms with E-state index in [2.05, 4.69) is 17.6 Å². The van der Waals surface area contributed by atoms with Crippen molar-refractivity contribution >= 4 is 22.4 Å². The Balaban J connectivity index is 1.93. The van der Waals surface area contributed by atoms with Crippen molar-refractivity contribution in [1.82, 2.24) is 4.98 Å². The number of aromatic nitrogens is 1. The molecule has 5 heteroatoms. The number of amides is 1. The van der Waals surface area contributed by atoms with Crippen LogP contribution in [0.2, 0.25) is 0 Å². The zero-order chi connectivity index (χ0) is 17.6. The Morgan fingerprint density at radius 1 is 1.24 bits per heavy atom. The van der Waals surface area contributed by atoms with Gasteiger partial charge in [-0.2, -0.15) is 5.26 Å². The van der Waals surface area contributed by atoms with Crippen LogP contribution in [0, 0.1) is 11.3 Å². The van der Waals surface area contributed by atoms with E-state index >= 15 is 0 Å². The third-order valence-electron chi connectivity index (χ3n) is 3.59. The van der Waals surface area contributed by atoms with Crippen LogP contribution in [-0.2, 0) is 0 Å². The molecule has 0 unspecified atom stereocenters. The molecule has 0 bridgehead atoms. The van der Waals surface area contributed by atoms with Crippen molar-refractivity contribution in [1.29, 1.82) is 5.26 Å². The number of hydrogen-bond acceptors (Lipinski definition) is 4. The molecule has 25 heavy (non-hydrogen) atoms. The Bertz CT molecular complexity index is 941. The van der Waals surface area contributed by atoms with Gasteiger partial charge in [0.1, 0.15) is 0 Å². The molecule has 0 fully saturated rings. The smallest absolute Gasteiger partial charge is 0.260 e. The van der Waals surface area contributed by atoms with Gasteiger partial charge in [0.15, 0.2) is 5.13 Å². The molecular weight excluding hydrogens is 330 g/mol. The van der Waals surface area contributed by atoms with Crippen LogP contribution >= 0.6 is 11.3 Å². The molecule has 0 saturated carbocycles. The lowest BCUT2D eigenvalue weighted by molar-refractivity contribution is 0.0989. The van der Waals surface area contributed by atoms with Crippen molar-refractivity contribution < 1.29 is 4.79 Å². The number of nitriles is 1. The van der Waals surface area contributed by atoms with Crippen molar-refractivity contribution in [2.75, 3.05) is 11.4 Å². The fourth-order valence-corrected chi connectivity index (χ4v) is 3.23. The molecule has 4 nitrogen and oxygen atoms in total. The molecule has 0 radical (unpaired) electrons. The van der Waals surface area contributed by atoms with Gasteiger partial charge >= 0.3 is 0 Å². The second-order valence-corrected chi connectivity index (χ2v) is 6.11. The number of carbonyl (C=O) groups excluding carboxylic acids is 1. The lowest BCUT2D eigenvalue weighted by Crippen LogP contribution is -2.31.